The monoisotopic (exact) mass is 364 g/mol. The first kappa shape index (κ1) is 26.2. The minimum atomic E-state index is 0.810. The molecule has 0 bridgehead atoms. The van der Waals surface area contributed by atoms with Crippen molar-refractivity contribution in [3.8, 4) is 0 Å². The highest BCUT2D eigenvalue weighted by Crippen LogP contribution is 2.22. The van der Waals surface area contributed by atoms with Crippen molar-refractivity contribution in [3.63, 3.8) is 0 Å². The Labute approximate surface area is 163 Å². The SMILES string of the molecule is CC.CC.CC1=CC=CC1.CC1CCCCC1.Cc1cccc(Cl)c1. The maximum absolute atomic E-state index is 5.64. The topological polar surface area (TPSA) is 0 Å². The van der Waals surface area contributed by atoms with Gasteiger partial charge < -0.3 is 0 Å². The second-order valence-electron chi connectivity index (χ2n) is 6.19. The van der Waals surface area contributed by atoms with Gasteiger partial charge in [-0.2, -0.15) is 0 Å². The molecule has 1 saturated carbocycles. The van der Waals surface area contributed by atoms with Gasteiger partial charge in [0, 0.05) is 5.02 Å². The summed E-state index contributed by atoms with van der Waals surface area (Å²) in [6, 6.07) is 7.76. The Morgan fingerprint density at radius 1 is 0.920 bits per heavy atom. The van der Waals surface area contributed by atoms with Crippen LogP contribution in [0.1, 0.15) is 85.6 Å². The first-order valence-corrected chi connectivity index (χ1v) is 10.5. The number of halogens is 1. The fourth-order valence-corrected chi connectivity index (χ4v) is 2.71. The van der Waals surface area contributed by atoms with E-state index in [0.717, 1.165) is 10.9 Å². The van der Waals surface area contributed by atoms with E-state index in [9.17, 15) is 0 Å². The van der Waals surface area contributed by atoms with Gasteiger partial charge in [0.1, 0.15) is 0 Å². The zero-order valence-corrected chi connectivity index (χ0v) is 18.5. The van der Waals surface area contributed by atoms with Crippen LogP contribution >= 0.6 is 11.6 Å². The molecule has 0 amide bonds. The third kappa shape index (κ3) is 17.6. The smallest absolute Gasteiger partial charge is 0.0408 e. The molecule has 0 aliphatic heterocycles. The molecule has 144 valence electrons. The Kier molecular flexibility index (Phi) is 20.3. The van der Waals surface area contributed by atoms with E-state index >= 15 is 0 Å². The Bertz CT molecular complexity index is 434. The lowest BCUT2D eigenvalue weighted by atomic mass is 9.91. The second kappa shape index (κ2) is 19.3. The lowest BCUT2D eigenvalue weighted by Crippen LogP contribution is -1.99. The minimum Gasteiger partial charge on any atom is -0.0843 e. The fraction of sp³-hybridized carbons (Fsp3) is 0.583. The summed E-state index contributed by atoms with van der Waals surface area (Å²) < 4.78 is 0. The molecular weight excluding hydrogens is 324 g/mol. The summed E-state index contributed by atoms with van der Waals surface area (Å²) in [7, 11) is 0. The normalized spacial score (nSPS) is 15.0. The predicted molar refractivity (Wildman–Crippen MR) is 119 cm³/mol. The van der Waals surface area contributed by atoms with Gasteiger partial charge in [0.2, 0.25) is 0 Å². The van der Waals surface area contributed by atoms with Crippen molar-refractivity contribution in [2.75, 3.05) is 0 Å². The summed E-state index contributed by atoms with van der Waals surface area (Å²) in [5.74, 6) is 1.04. The van der Waals surface area contributed by atoms with E-state index in [1.54, 1.807) is 0 Å². The highest BCUT2D eigenvalue weighted by molar-refractivity contribution is 6.30. The van der Waals surface area contributed by atoms with Crippen LogP contribution in [0, 0.1) is 12.8 Å². The second-order valence-corrected chi connectivity index (χ2v) is 6.62. The van der Waals surface area contributed by atoms with Crippen molar-refractivity contribution in [2.24, 2.45) is 5.92 Å². The van der Waals surface area contributed by atoms with Gasteiger partial charge >= 0.3 is 0 Å². The van der Waals surface area contributed by atoms with Crippen molar-refractivity contribution in [3.05, 3.63) is 58.7 Å². The quantitative estimate of drug-likeness (QED) is 0.430. The van der Waals surface area contributed by atoms with Gasteiger partial charge in [0.15, 0.2) is 0 Å². The number of rotatable bonds is 0. The van der Waals surface area contributed by atoms with Crippen LogP contribution in [0.5, 0.6) is 0 Å². The van der Waals surface area contributed by atoms with E-state index in [4.69, 9.17) is 11.6 Å². The number of benzene rings is 1. The summed E-state index contributed by atoms with van der Waals surface area (Å²) in [6.45, 7) is 14.5. The summed E-state index contributed by atoms with van der Waals surface area (Å²) >= 11 is 5.64. The number of allylic oxidation sites excluding steroid dienone is 4. The predicted octanol–water partition coefficient (Wildman–Crippen LogP) is 9.18. The van der Waals surface area contributed by atoms with Crippen molar-refractivity contribution in [1.29, 1.82) is 0 Å². The van der Waals surface area contributed by atoms with Crippen LogP contribution in [-0.2, 0) is 0 Å². The van der Waals surface area contributed by atoms with E-state index in [1.165, 1.54) is 49.7 Å². The van der Waals surface area contributed by atoms with E-state index in [-0.39, 0.29) is 0 Å². The van der Waals surface area contributed by atoms with E-state index in [0.29, 0.717) is 0 Å². The van der Waals surface area contributed by atoms with Gasteiger partial charge in [-0.05, 0) is 43.9 Å². The summed E-state index contributed by atoms with van der Waals surface area (Å²) in [4.78, 5) is 0. The Balaban J connectivity index is 0. The molecule has 0 N–H and O–H groups in total. The molecule has 0 saturated heterocycles. The van der Waals surface area contributed by atoms with Crippen LogP contribution in [0.3, 0.4) is 0 Å². The van der Waals surface area contributed by atoms with E-state index < -0.39 is 0 Å². The third-order valence-electron chi connectivity index (χ3n) is 3.83. The fourth-order valence-electron chi connectivity index (χ4n) is 2.47. The van der Waals surface area contributed by atoms with Crippen LogP contribution < -0.4 is 0 Å². The van der Waals surface area contributed by atoms with Gasteiger partial charge in [-0.25, -0.2) is 0 Å². The average molecular weight is 365 g/mol. The van der Waals surface area contributed by atoms with Crippen molar-refractivity contribution in [1.82, 2.24) is 0 Å². The van der Waals surface area contributed by atoms with Gasteiger partial charge in [0.05, 0.1) is 0 Å². The minimum absolute atomic E-state index is 0.810. The zero-order chi connectivity index (χ0) is 19.5. The van der Waals surface area contributed by atoms with Gasteiger partial charge in [-0.15, -0.1) is 0 Å². The molecule has 0 nitrogen and oxygen atoms in total. The molecule has 1 fully saturated rings. The van der Waals surface area contributed by atoms with E-state index in [2.05, 4.69) is 32.1 Å². The molecule has 1 aromatic rings. The lowest BCUT2D eigenvalue weighted by Gasteiger charge is -2.15. The van der Waals surface area contributed by atoms with Gasteiger partial charge in [-0.1, -0.05) is 114 Å². The van der Waals surface area contributed by atoms with Gasteiger partial charge in [-0.3, -0.25) is 0 Å². The van der Waals surface area contributed by atoms with Crippen LogP contribution in [-0.4, -0.2) is 0 Å². The first-order chi connectivity index (χ1) is 12.1. The molecule has 0 unspecified atom stereocenters. The molecule has 0 aromatic heterocycles. The number of hydrogen-bond donors (Lipinski definition) is 0. The molecule has 2 aliphatic carbocycles. The lowest BCUT2D eigenvalue weighted by molar-refractivity contribution is 0.385. The first-order valence-electron chi connectivity index (χ1n) is 10.1. The van der Waals surface area contributed by atoms with Crippen molar-refractivity contribution < 1.29 is 0 Å². The zero-order valence-electron chi connectivity index (χ0n) is 17.7. The molecule has 25 heavy (non-hydrogen) atoms. The molecule has 0 spiro atoms. The molecule has 0 heterocycles. The van der Waals surface area contributed by atoms with E-state index in [1.807, 2.05) is 58.9 Å². The molecule has 3 rings (SSSR count). The van der Waals surface area contributed by atoms with Crippen LogP contribution in [0.2, 0.25) is 5.02 Å². The molecular formula is C24H41Cl. The summed E-state index contributed by atoms with van der Waals surface area (Å²) in [5.41, 5.74) is 2.67. The highest BCUT2D eigenvalue weighted by Gasteiger charge is 2.05. The summed E-state index contributed by atoms with van der Waals surface area (Å²) in [5, 5.41) is 0.810. The molecule has 0 radical (unpaired) electrons. The van der Waals surface area contributed by atoms with Gasteiger partial charge in [0.25, 0.3) is 0 Å². The van der Waals surface area contributed by atoms with Crippen molar-refractivity contribution in [2.45, 2.75) is 87.0 Å². The Morgan fingerprint density at radius 3 is 1.76 bits per heavy atom. The molecule has 1 heteroatoms. The maximum atomic E-state index is 5.64. The molecule has 0 atom stereocenters. The highest BCUT2D eigenvalue weighted by atomic mass is 35.5. The summed E-state index contributed by atoms with van der Waals surface area (Å²) in [6.07, 6.45) is 15.0. The largest absolute Gasteiger partial charge is 0.0843 e. The van der Waals surface area contributed by atoms with Crippen LogP contribution in [0.15, 0.2) is 48.1 Å². The molecule has 2 aliphatic rings. The Hall–Kier alpha value is -1.01. The van der Waals surface area contributed by atoms with Crippen LogP contribution in [0.4, 0.5) is 0 Å². The average Bonchev–Trinajstić information content (AvgIpc) is 3.11. The standard InChI is InChI=1S/C7H7Cl.C7H14.C6H8.2C2H6/c1-6-3-2-4-7(8)5-6;1-7-5-3-2-4-6-7;1-6-4-2-3-5-6;2*1-2/h2-5H,1H3;7H,2-6H2,1H3;2-4H,5H2,1H3;2*1-2H3. The van der Waals surface area contributed by atoms with Crippen molar-refractivity contribution >= 4 is 11.6 Å². The Morgan fingerprint density at radius 2 is 1.52 bits per heavy atom. The molecule has 1 aromatic carbocycles. The maximum Gasteiger partial charge on any atom is 0.0408 e. The third-order valence-corrected chi connectivity index (χ3v) is 4.07. The number of aryl methyl sites for hydroxylation is 1. The number of hydrogen-bond acceptors (Lipinski definition) is 0. The van der Waals surface area contributed by atoms with Crippen LogP contribution in [0.25, 0.3) is 0 Å².